The Kier molecular flexibility index (Phi) is 4.65. The minimum Gasteiger partial charge on any atom is -0.290 e. The lowest BCUT2D eigenvalue weighted by atomic mass is 9.96. The van der Waals surface area contributed by atoms with Gasteiger partial charge >= 0.3 is 0 Å². The minimum atomic E-state index is 0.494. The van der Waals surface area contributed by atoms with Crippen LogP contribution in [0.25, 0.3) is 11.3 Å². The third kappa shape index (κ3) is 2.88. The molecule has 0 N–H and O–H groups in total. The van der Waals surface area contributed by atoms with E-state index in [0.29, 0.717) is 12.1 Å². The molecule has 2 aliphatic rings. The largest absolute Gasteiger partial charge is 0.290 e. The van der Waals surface area contributed by atoms with Crippen molar-refractivity contribution in [1.29, 1.82) is 0 Å². The van der Waals surface area contributed by atoms with Crippen LogP contribution in [0.1, 0.15) is 63.6 Å². The summed E-state index contributed by atoms with van der Waals surface area (Å²) >= 11 is 0. The van der Waals surface area contributed by atoms with Crippen LogP contribution in [0.3, 0.4) is 0 Å². The molecule has 1 fully saturated rings. The number of unbranched alkanes of at least 4 members (excludes halogenated alkanes) is 3. The first-order chi connectivity index (χ1) is 11.9. The molecule has 2 atom stereocenters. The zero-order valence-electron chi connectivity index (χ0n) is 14.7. The molecule has 0 unspecified atom stereocenters. The van der Waals surface area contributed by atoms with Crippen molar-refractivity contribution in [2.24, 2.45) is 0 Å². The Morgan fingerprint density at radius 3 is 2.83 bits per heavy atom. The molecule has 4 heteroatoms. The molecule has 0 bridgehead atoms. The number of aromatic nitrogens is 3. The van der Waals surface area contributed by atoms with Crippen LogP contribution in [-0.2, 0) is 6.54 Å². The molecular formula is C20H28N4. The Labute approximate surface area is 144 Å². The number of hydrogen-bond donors (Lipinski definition) is 0. The van der Waals surface area contributed by atoms with Gasteiger partial charge in [0.25, 0.3) is 0 Å². The fourth-order valence-electron chi connectivity index (χ4n) is 4.47. The van der Waals surface area contributed by atoms with E-state index in [4.69, 9.17) is 0 Å². The summed E-state index contributed by atoms with van der Waals surface area (Å²) in [6.45, 7) is 4.53. The lowest BCUT2D eigenvalue weighted by Gasteiger charge is -2.38. The van der Waals surface area contributed by atoms with Gasteiger partial charge in [-0.3, -0.25) is 4.90 Å². The Morgan fingerprint density at radius 2 is 2.00 bits per heavy atom. The second-order valence-corrected chi connectivity index (χ2v) is 7.27. The van der Waals surface area contributed by atoms with Crippen molar-refractivity contribution >= 4 is 0 Å². The van der Waals surface area contributed by atoms with Gasteiger partial charge in [0.2, 0.25) is 0 Å². The summed E-state index contributed by atoms with van der Waals surface area (Å²) in [5.41, 5.74) is 3.66. The topological polar surface area (TPSA) is 34.0 Å². The van der Waals surface area contributed by atoms with Crippen LogP contribution < -0.4 is 0 Å². The van der Waals surface area contributed by atoms with E-state index in [0.717, 1.165) is 12.2 Å². The maximum atomic E-state index is 4.58. The second-order valence-electron chi connectivity index (χ2n) is 7.27. The van der Waals surface area contributed by atoms with E-state index in [1.807, 2.05) is 0 Å². The molecule has 1 aromatic heterocycles. The van der Waals surface area contributed by atoms with E-state index in [2.05, 4.69) is 57.1 Å². The van der Waals surface area contributed by atoms with Gasteiger partial charge in [-0.15, -0.1) is 5.10 Å². The first-order valence-corrected chi connectivity index (χ1v) is 9.63. The number of rotatable bonds is 6. The van der Waals surface area contributed by atoms with Crippen molar-refractivity contribution < 1.29 is 0 Å². The number of benzene rings is 1. The van der Waals surface area contributed by atoms with Gasteiger partial charge in [-0.2, -0.15) is 0 Å². The lowest BCUT2D eigenvalue weighted by molar-refractivity contribution is 0.115. The SMILES string of the molecule is CCCCCC[C@H]1c2c(-c3ccccc3)nnn2C[C@@H]2CCCN21. The fourth-order valence-corrected chi connectivity index (χ4v) is 4.47. The minimum absolute atomic E-state index is 0.494. The highest BCUT2D eigenvalue weighted by Crippen LogP contribution is 2.41. The van der Waals surface area contributed by atoms with E-state index in [-0.39, 0.29) is 0 Å². The maximum Gasteiger partial charge on any atom is 0.117 e. The number of hydrogen-bond acceptors (Lipinski definition) is 3. The molecule has 2 aromatic rings. The van der Waals surface area contributed by atoms with Crippen molar-refractivity contribution in [2.45, 2.75) is 70.5 Å². The Bertz CT molecular complexity index is 664. The van der Waals surface area contributed by atoms with Crippen LogP contribution in [0.5, 0.6) is 0 Å². The Balaban J connectivity index is 1.65. The van der Waals surface area contributed by atoms with Crippen LogP contribution in [0.4, 0.5) is 0 Å². The van der Waals surface area contributed by atoms with Gasteiger partial charge in [0.05, 0.1) is 18.3 Å². The van der Waals surface area contributed by atoms with Crippen LogP contribution >= 0.6 is 0 Å². The molecule has 4 nitrogen and oxygen atoms in total. The third-order valence-corrected chi connectivity index (χ3v) is 5.67. The van der Waals surface area contributed by atoms with Crippen molar-refractivity contribution in [2.75, 3.05) is 6.54 Å². The normalized spacial score (nSPS) is 23.2. The number of fused-ring (bicyclic) bond motifs is 2. The van der Waals surface area contributed by atoms with Gasteiger partial charge in [0.1, 0.15) is 5.69 Å². The van der Waals surface area contributed by atoms with Crippen LogP contribution in [0, 0.1) is 0 Å². The number of nitrogens with zero attached hydrogens (tertiary/aromatic N) is 4. The summed E-state index contributed by atoms with van der Waals surface area (Å²) < 4.78 is 2.21. The van der Waals surface area contributed by atoms with Gasteiger partial charge in [0.15, 0.2) is 0 Å². The highest BCUT2D eigenvalue weighted by molar-refractivity contribution is 5.62. The second kappa shape index (κ2) is 7.06. The van der Waals surface area contributed by atoms with Crippen molar-refractivity contribution in [1.82, 2.24) is 19.9 Å². The van der Waals surface area contributed by atoms with Crippen molar-refractivity contribution in [3.8, 4) is 11.3 Å². The summed E-state index contributed by atoms with van der Waals surface area (Å²) in [5, 5.41) is 9.10. The Hall–Kier alpha value is -1.68. The summed E-state index contributed by atoms with van der Waals surface area (Å²) in [4.78, 5) is 2.75. The predicted octanol–water partition coefficient (Wildman–Crippen LogP) is 4.43. The molecule has 0 saturated carbocycles. The summed E-state index contributed by atoms with van der Waals surface area (Å²) in [6, 6.07) is 11.7. The molecule has 0 amide bonds. The van der Waals surface area contributed by atoms with E-state index in [1.54, 1.807) is 0 Å². The fraction of sp³-hybridized carbons (Fsp3) is 0.600. The molecule has 0 radical (unpaired) electrons. The molecule has 0 aliphatic carbocycles. The zero-order chi connectivity index (χ0) is 16.4. The van der Waals surface area contributed by atoms with Gasteiger partial charge in [-0.1, -0.05) is 68.2 Å². The zero-order valence-corrected chi connectivity index (χ0v) is 14.7. The van der Waals surface area contributed by atoms with Gasteiger partial charge in [-0.05, 0) is 25.8 Å². The molecule has 3 heterocycles. The summed E-state index contributed by atoms with van der Waals surface area (Å²) in [5.74, 6) is 0. The molecule has 1 aromatic carbocycles. The monoisotopic (exact) mass is 324 g/mol. The van der Waals surface area contributed by atoms with Crippen LogP contribution in [0.2, 0.25) is 0 Å². The highest BCUT2D eigenvalue weighted by atomic mass is 15.5. The lowest BCUT2D eigenvalue weighted by Crippen LogP contribution is -2.42. The molecule has 0 spiro atoms. The van der Waals surface area contributed by atoms with E-state index in [9.17, 15) is 0 Å². The maximum absolute atomic E-state index is 4.58. The molecule has 1 saturated heterocycles. The summed E-state index contributed by atoms with van der Waals surface area (Å²) in [7, 11) is 0. The van der Waals surface area contributed by atoms with E-state index >= 15 is 0 Å². The molecule has 24 heavy (non-hydrogen) atoms. The molecule has 2 aliphatic heterocycles. The first-order valence-electron chi connectivity index (χ1n) is 9.63. The van der Waals surface area contributed by atoms with E-state index in [1.165, 1.54) is 62.7 Å². The van der Waals surface area contributed by atoms with Crippen molar-refractivity contribution in [3.63, 3.8) is 0 Å². The first kappa shape index (κ1) is 15.8. The van der Waals surface area contributed by atoms with E-state index < -0.39 is 0 Å². The average Bonchev–Trinajstić information content (AvgIpc) is 3.25. The predicted molar refractivity (Wildman–Crippen MR) is 96.7 cm³/mol. The third-order valence-electron chi connectivity index (χ3n) is 5.67. The summed E-state index contributed by atoms with van der Waals surface area (Å²) in [6.07, 6.45) is 9.17. The van der Waals surface area contributed by atoms with Gasteiger partial charge in [0, 0.05) is 11.6 Å². The van der Waals surface area contributed by atoms with Gasteiger partial charge < -0.3 is 0 Å². The molecule has 4 rings (SSSR count). The van der Waals surface area contributed by atoms with Crippen molar-refractivity contribution in [3.05, 3.63) is 36.0 Å². The quantitative estimate of drug-likeness (QED) is 0.737. The standard InChI is InChI=1S/C20H28N4/c1-2-3-4-8-13-18-20-19(16-10-6-5-7-11-16)21-22-24(20)15-17-12-9-14-23(17)18/h5-7,10-11,17-18H,2-4,8-9,12-15H2,1H3/t17-,18-/m0/s1. The molecule has 128 valence electrons. The Morgan fingerprint density at radius 1 is 1.12 bits per heavy atom. The van der Waals surface area contributed by atoms with Crippen LogP contribution in [0.15, 0.2) is 30.3 Å². The average molecular weight is 324 g/mol. The smallest absolute Gasteiger partial charge is 0.117 e. The van der Waals surface area contributed by atoms with Gasteiger partial charge in [-0.25, -0.2) is 4.68 Å². The molecular weight excluding hydrogens is 296 g/mol. The highest BCUT2D eigenvalue weighted by Gasteiger charge is 2.39. The van der Waals surface area contributed by atoms with Crippen LogP contribution in [-0.4, -0.2) is 32.5 Å².